The molecule has 2 rings (SSSR count). The third-order valence-corrected chi connectivity index (χ3v) is 3.81. The van der Waals surface area contributed by atoms with Crippen molar-refractivity contribution in [1.82, 2.24) is 4.90 Å². The zero-order chi connectivity index (χ0) is 13.8. The van der Waals surface area contributed by atoms with Crippen LogP contribution in [0.4, 0.5) is 0 Å². The number of hydrogen-bond acceptors (Lipinski definition) is 3. The maximum Gasteiger partial charge on any atom is 0.328 e. The molecule has 1 aromatic rings. The van der Waals surface area contributed by atoms with Crippen molar-refractivity contribution < 1.29 is 14.3 Å². The van der Waals surface area contributed by atoms with Gasteiger partial charge in [-0.1, -0.05) is 6.07 Å². The smallest absolute Gasteiger partial charge is 0.328 e. The Morgan fingerprint density at radius 3 is 2.95 bits per heavy atom. The number of amides is 1. The molecule has 4 nitrogen and oxygen atoms in total. The maximum absolute atomic E-state index is 12.4. The molecule has 19 heavy (non-hydrogen) atoms. The second-order valence-corrected chi connectivity index (χ2v) is 5.66. The Morgan fingerprint density at radius 1 is 1.47 bits per heavy atom. The Hall–Kier alpha value is -1.11. The predicted octanol–water partition coefficient (Wildman–Crippen LogP) is 2.46. The fourth-order valence-electron chi connectivity index (χ4n) is 2.28. The van der Waals surface area contributed by atoms with E-state index in [-0.39, 0.29) is 11.9 Å². The first-order chi connectivity index (χ1) is 9.13. The first kappa shape index (κ1) is 14.3. The second-order valence-electron chi connectivity index (χ2n) is 4.42. The molecule has 0 spiro atoms. The lowest BCUT2D eigenvalue weighted by Crippen LogP contribution is -2.41. The van der Waals surface area contributed by atoms with E-state index in [1.165, 1.54) is 0 Å². The van der Waals surface area contributed by atoms with Crippen LogP contribution in [-0.2, 0) is 9.53 Å². The van der Waals surface area contributed by atoms with Crippen LogP contribution < -0.4 is 0 Å². The summed E-state index contributed by atoms with van der Waals surface area (Å²) in [5, 5.41) is 0. The number of hydrogen-bond donors (Lipinski definition) is 0. The van der Waals surface area contributed by atoms with Gasteiger partial charge in [-0.15, -0.1) is 0 Å². The van der Waals surface area contributed by atoms with Gasteiger partial charge in [-0.25, -0.2) is 4.79 Å². The molecular formula is C14H16INO3. The molecule has 1 heterocycles. The van der Waals surface area contributed by atoms with Gasteiger partial charge in [-0.3, -0.25) is 4.79 Å². The molecule has 1 unspecified atom stereocenters. The molecule has 0 radical (unpaired) electrons. The van der Waals surface area contributed by atoms with Gasteiger partial charge in [0.05, 0.1) is 6.61 Å². The predicted molar refractivity (Wildman–Crippen MR) is 79.9 cm³/mol. The van der Waals surface area contributed by atoms with Gasteiger partial charge < -0.3 is 9.64 Å². The molecule has 1 amide bonds. The molecule has 0 aliphatic carbocycles. The molecule has 0 aromatic heterocycles. The normalized spacial score (nSPS) is 18.4. The summed E-state index contributed by atoms with van der Waals surface area (Å²) in [6, 6.07) is 6.98. The summed E-state index contributed by atoms with van der Waals surface area (Å²) >= 11 is 2.17. The van der Waals surface area contributed by atoms with Crippen LogP contribution in [0.2, 0.25) is 0 Å². The third-order valence-electron chi connectivity index (χ3n) is 3.14. The molecule has 0 bridgehead atoms. The van der Waals surface area contributed by atoms with Crippen LogP contribution in [-0.4, -0.2) is 36.0 Å². The van der Waals surface area contributed by atoms with Gasteiger partial charge >= 0.3 is 5.97 Å². The van der Waals surface area contributed by atoms with Crippen molar-refractivity contribution in [3.63, 3.8) is 0 Å². The Kier molecular flexibility index (Phi) is 4.79. The Balaban J connectivity index is 2.16. The summed E-state index contributed by atoms with van der Waals surface area (Å²) in [7, 11) is 0. The van der Waals surface area contributed by atoms with Crippen LogP contribution in [0.5, 0.6) is 0 Å². The highest BCUT2D eigenvalue weighted by atomic mass is 127. The number of carbonyl (C=O) groups is 2. The maximum atomic E-state index is 12.4. The zero-order valence-electron chi connectivity index (χ0n) is 10.8. The van der Waals surface area contributed by atoms with E-state index in [9.17, 15) is 9.59 Å². The molecule has 0 N–H and O–H groups in total. The highest BCUT2D eigenvalue weighted by Gasteiger charge is 2.35. The molecule has 1 aliphatic rings. The average molecular weight is 373 g/mol. The number of rotatable bonds is 3. The summed E-state index contributed by atoms with van der Waals surface area (Å²) in [6.45, 7) is 2.74. The Labute approximate surface area is 126 Å². The Morgan fingerprint density at radius 2 is 2.26 bits per heavy atom. The van der Waals surface area contributed by atoms with E-state index in [0.29, 0.717) is 25.1 Å². The molecule has 102 valence electrons. The van der Waals surface area contributed by atoms with Crippen molar-refractivity contribution in [2.75, 3.05) is 13.2 Å². The molecule has 1 aromatic carbocycles. The van der Waals surface area contributed by atoms with E-state index in [4.69, 9.17) is 4.74 Å². The van der Waals surface area contributed by atoms with Crippen molar-refractivity contribution in [2.45, 2.75) is 25.8 Å². The summed E-state index contributed by atoms with van der Waals surface area (Å²) in [5.74, 6) is -0.381. The lowest BCUT2D eigenvalue weighted by molar-refractivity contribution is -0.147. The fourth-order valence-corrected chi connectivity index (χ4v) is 2.82. The lowest BCUT2D eigenvalue weighted by atomic mass is 10.1. The molecular weight excluding hydrogens is 357 g/mol. The average Bonchev–Trinajstić information content (AvgIpc) is 2.87. The topological polar surface area (TPSA) is 46.6 Å². The third kappa shape index (κ3) is 3.26. The molecule has 1 atom stereocenters. The minimum Gasteiger partial charge on any atom is -0.464 e. The van der Waals surface area contributed by atoms with Gasteiger partial charge in [0, 0.05) is 15.7 Å². The number of esters is 1. The van der Waals surface area contributed by atoms with Crippen molar-refractivity contribution in [1.29, 1.82) is 0 Å². The van der Waals surface area contributed by atoms with Gasteiger partial charge in [0.1, 0.15) is 6.04 Å². The van der Waals surface area contributed by atoms with Crippen LogP contribution in [0.1, 0.15) is 30.1 Å². The molecule has 1 aliphatic heterocycles. The fraction of sp³-hybridized carbons (Fsp3) is 0.429. The van der Waals surface area contributed by atoms with Crippen molar-refractivity contribution >= 4 is 34.5 Å². The first-order valence-corrected chi connectivity index (χ1v) is 7.44. The zero-order valence-corrected chi connectivity index (χ0v) is 12.9. The molecule has 1 fully saturated rings. The Bertz CT molecular complexity index is 489. The van der Waals surface area contributed by atoms with Crippen molar-refractivity contribution in [3.8, 4) is 0 Å². The van der Waals surface area contributed by atoms with Gasteiger partial charge in [-0.2, -0.15) is 0 Å². The standard InChI is InChI=1S/C14H16INO3/c1-2-19-14(18)12-7-4-8-16(12)13(17)10-5-3-6-11(15)9-10/h3,5-6,9,12H,2,4,7-8H2,1H3. The number of ether oxygens (including phenoxy) is 1. The van der Waals surface area contributed by atoms with Crippen LogP contribution >= 0.6 is 22.6 Å². The number of benzene rings is 1. The van der Waals surface area contributed by atoms with E-state index in [1.807, 2.05) is 18.2 Å². The highest BCUT2D eigenvalue weighted by Crippen LogP contribution is 2.22. The number of carbonyl (C=O) groups excluding carboxylic acids is 2. The quantitative estimate of drug-likeness (QED) is 0.604. The minimum absolute atomic E-state index is 0.0888. The largest absolute Gasteiger partial charge is 0.464 e. The van der Waals surface area contributed by atoms with E-state index in [0.717, 1.165) is 9.99 Å². The van der Waals surface area contributed by atoms with E-state index in [2.05, 4.69) is 22.6 Å². The van der Waals surface area contributed by atoms with Crippen LogP contribution in [0.15, 0.2) is 24.3 Å². The summed E-state index contributed by atoms with van der Waals surface area (Å²) in [6.07, 6.45) is 1.54. The SMILES string of the molecule is CCOC(=O)C1CCCN1C(=O)c1cccc(I)c1. The summed E-state index contributed by atoms with van der Waals surface area (Å²) in [4.78, 5) is 25.9. The second kappa shape index (κ2) is 6.36. The monoisotopic (exact) mass is 373 g/mol. The summed E-state index contributed by atoms with van der Waals surface area (Å²) < 4.78 is 6.04. The highest BCUT2D eigenvalue weighted by molar-refractivity contribution is 14.1. The minimum atomic E-state index is -0.426. The van der Waals surface area contributed by atoms with E-state index in [1.54, 1.807) is 17.9 Å². The molecule has 1 saturated heterocycles. The van der Waals surface area contributed by atoms with Crippen LogP contribution in [0.25, 0.3) is 0 Å². The van der Waals surface area contributed by atoms with Crippen molar-refractivity contribution in [3.05, 3.63) is 33.4 Å². The van der Waals surface area contributed by atoms with Gasteiger partial charge in [0.25, 0.3) is 5.91 Å². The molecule has 5 heteroatoms. The van der Waals surface area contributed by atoms with E-state index < -0.39 is 6.04 Å². The number of nitrogens with zero attached hydrogens (tertiary/aromatic N) is 1. The van der Waals surface area contributed by atoms with Crippen molar-refractivity contribution in [2.24, 2.45) is 0 Å². The van der Waals surface area contributed by atoms with Crippen LogP contribution in [0, 0.1) is 3.57 Å². The van der Waals surface area contributed by atoms with Crippen LogP contribution in [0.3, 0.4) is 0 Å². The van der Waals surface area contributed by atoms with Gasteiger partial charge in [-0.05, 0) is 60.6 Å². The first-order valence-electron chi connectivity index (χ1n) is 6.36. The van der Waals surface area contributed by atoms with Gasteiger partial charge in [0.15, 0.2) is 0 Å². The number of likely N-dealkylation sites (tertiary alicyclic amines) is 1. The van der Waals surface area contributed by atoms with E-state index >= 15 is 0 Å². The summed E-state index contributed by atoms with van der Waals surface area (Å²) in [5.41, 5.74) is 0.628. The van der Waals surface area contributed by atoms with Gasteiger partial charge in [0.2, 0.25) is 0 Å². The number of halogens is 1. The molecule has 0 saturated carbocycles. The lowest BCUT2D eigenvalue weighted by Gasteiger charge is -2.23.